The monoisotopic (exact) mass is 409 g/mol. The molecule has 0 aliphatic heterocycles. The molecular weight excluding hydrogens is 390 g/mol. The molecule has 0 aliphatic rings. The van der Waals surface area contributed by atoms with Gasteiger partial charge in [0.25, 0.3) is 5.91 Å². The average Bonchev–Trinajstić information content (AvgIpc) is 3.41. The summed E-state index contributed by atoms with van der Waals surface area (Å²) in [6, 6.07) is 11.4. The van der Waals surface area contributed by atoms with Gasteiger partial charge in [-0.25, -0.2) is 9.97 Å². The molecule has 0 fully saturated rings. The Morgan fingerprint density at radius 2 is 2.00 bits per heavy atom. The molecule has 4 aromatic heterocycles. The first kappa shape index (κ1) is 18.5. The number of carbonyl (C=O) groups excluding carboxylic acids is 1. The van der Waals surface area contributed by atoms with Crippen molar-refractivity contribution in [3.8, 4) is 15.7 Å². The summed E-state index contributed by atoms with van der Waals surface area (Å²) in [7, 11) is 0. The molecule has 0 saturated heterocycles. The maximum atomic E-state index is 12.8. The minimum Gasteiger partial charge on any atom is -0.305 e. The molecule has 0 bridgehead atoms. The normalized spacial score (nSPS) is 11.5. The van der Waals surface area contributed by atoms with Gasteiger partial charge in [0, 0.05) is 23.1 Å². The van der Waals surface area contributed by atoms with Crippen molar-refractivity contribution in [1.82, 2.24) is 19.7 Å². The number of nitrogens with zero attached hydrogens (tertiary/aromatic N) is 4. The van der Waals surface area contributed by atoms with Crippen LogP contribution in [0.5, 0.6) is 0 Å². The number of aromatic nitrogens is 4. The smallest absolute Gasteiger partial charge is 0.276 e. The molecule has 1 amide bonds. The van der Waals surface area contributed by atoms with Crippen molar-refractivity contribution in [2.45, 2.75) is 26.2 Å². The van der Waals surface area contributed by atoms with Crippen molar-refractivity contribution in [2.24, 2.45) is 0 Å². The van der Waals surface area contributed by atoms with E-state index in [1.54, 1.807) is 27.6 Å². The average molecular weight is 410 g/mol. The molecule has 0 radical (unpaired) electrons. The predicted molar refractivity (Wildman–Crippen MR) is 113 cm³/mol. The summed E-state index contributed by atoms with van der Waals surface area (Å²) in [6.45, 7) is 6.24. The van der Waals surface area contributed by atoms with E-state index < -0.39 is 0 Å². The molecule has 0 unspecified atom stereocenters. The summed E-state index contributed by atoms with van der Waals surface area (Å²) in [6.07, 6.45) is 1.70. The molecule has 0 spiro atoms. The zero-order chi connectivity index (χ0) is 19.7. The minimum atomic E-state index is -0.267. The number of hydrogen-bond acceptors (Lipinski definition) is 6. The Morgan fingerprint density at radius 1 is 1.14 bits per heavy atom. The van der Waals surface area contributed by atoms with Crippen LogP contribution in [-0.2, 0) is 5.41 Å². The standard InChI is InChI=1S/C20H19N5OS2/c1-20(2,3)15-11-17(25(24-15)16-8-4-5-9-21-16)23-18(26)13-12-28-19(22-13)14-7-6-10-27-14/h4-12H,1-3H3,(H,23,26). The Balaban J connectivity index is 1.65. The number of thiophene rings is 1. The summed E-state index contributed by atoms with van der Waals surface area (Å²) in [5, 5.41) is 12.2. The molecule has 0 atom stereocenters. The minimum absolute atomic E-state index is 0.160. The Kier molecular flexibility index (Phi) is 4.82. The molecule has 0 aromatic carbocycles. The fourth-order valence-electron chi connectivity index (χ4n) is 2.56. The number of anilines is 1. The third-order valence-corrected chi connectivity index (χ3v) is 5.94. The highest BCUT2D eigenvalue weighted by Crippen LogP contribution is 2.29. The number of amides is 1. The zero-order valence-corrected chi connectivity index (χ0v) is 17.3. The summed E-state index contributed by atoms with van der Waals surface area (Å²) in [4.78, 5) is 22.7. The van der Waals surface area contributed by atoms with Crippen molar-refractivity contribution >= 4 is 34.4 Å². The zero-order valence-electron chi connectivity index (χ0n) is 15.7. The number of pyridine rings is 1. The number of hydrogen-bond donors (Lipinski definition) is 1. The van der Waals surface area contributed by atoms with Gasteiger partial charge >= 0.3 is 0 Å². The second-order valence-electron chi connectivity index (χ2n) is 7.23. The van der Waals surface area contributed by atoms with Crippen LogP contribution in [0.15, 0.2) is 53.4 Å². The van der Waals surface area contributed by atoms with Gasteiger partial charge in [0.05, 0.1) is 10.6 Å². The van der Waals surface area contributed by atoms with Crippen LogP contribution in [-0.4, -0.2) is 25.7 Å². The van der Waals surface area contributed by atoms with Crippen molar-refractivity contribution < 1.29 is 4.79 Å². The lowest BCUT2D eigenvalue weighted by atomic mass is 9.92. The van der Waals surface area contributed by atoms with Crippen molar-refractivity contribution in [3.63, 3.8) is 0 Å². The largest absolute Gasteiger partial charge is 0.305 e. The fraction of sp³-hybridized carbons (Fsp3) is 0.200. The van der Waals surface area contributed by atoms with Crippen LogP contribution in [0.25, 0.3) is 15.7 Å². The fourth-order valence-corrected chi connectivity index (χ4v) is 4.18. The van der Waals surface area contributed by atoms with Gasteiger partial charge in [-0.15, -0.1) is 22.7 Å². The Bertz CT molecular complexity index is 1090. The van der Waals surface area contributed by atoms with Crippen LogP contribution in [0.3, 0.4) is 0 Å². The maximum absolute atomic E-state index is 12.8. The molecule has 6 nitrogen and oxygen atoms in total. The van der Waals surface area contributed by atoms with Gasteiger partial charge in [-0.2, -0.15) is 9.78 Å². The molecular formula is C20H19N5OS2. The third-order valence-electron chi connectivity index (χ3n) is 4.05. The van der Waals surface area contributed by atoms with Crippen LogP contribution in [0.4, 0.5) is 5.82 Å². The van der Waals surface area contributed by atoms with E-state index >= 15 is 0 Å². The predicted octanol–water partition coefficient (Wildman–Crippen LogP) is 5.00. The molecule has 4 aromatic rings. The highest BCUT2D eigenvalue weighted by atomic mass is 32.1. The highest BCUT2D eigenvalue weighted by molar-refractivity contribution is 7.20. The van der Waals surface area contributed by atoms with E-state index in [0.29, 0.717) is 17.3 Å². The number of rotatable bonds is 4. The van der Waals surface area contributed by atoms with Gasteiger partial charge in [-0.1, -0.05) is 32.9 Å². The second kappa shape index (κ2) is 7.29. The molecule has 28 heavy (non-hydrogen) atoms. The molecule has 1 N–H and O–H groups in total. The topological polar surface area (TPSA) is 72.7 Å². The lowest BCUT2D eigenvalue weighted by molar-refractivity contribution is 0.102. The highest BCUT2D eigenvalue weighted by Gasteiger charge is 2.23. The Hall–Kier alpha value is -2.84. The van der Waals surface area contributed by atoms with Gasteiger partial charge in [-0.05, 0) is 23.6 Å². The van der Waals surface area contributed by atoms with E-state index in [2.05, 4.69) is 41.2 Å². The SMILES string of the molecule is CC(C)(C)c1cc(NC(=O)c2csc(-c3cccs3)n2)n(-c2ccccn2)n1. The quantitative estimate of drug-likeness (QED) is 0.515. The van der Waals surface area contributed by atoms with Crippen LogP contribution in [0.2, 0.25) is 0 Å². The number of carbonyl (C=O) groups is 1. The van der Waals surface area contributed by atoms with Crippen LogP contribution in [0, 0.1) is 0 Å². The van der Waals surface area contributed by atoms with Crippen molar-refractivity contribution in [1.29, 1.82) is 0 Å². The molecule has 4 heterocycles. The Morgan fingerprint density at radius 3 is 2.68 bits per heavy atom. The van der Waals surface area contributed by atoms with E-state index in [1.165, 1.54) is 11.3 Å². The van der Waals surface area contributed by atoms with Gasteiger partial charge in [0.1, 0.15) is 16.5 Å². The molecule has 8 heteroatoms. The van der Waals surface area contributed by atoms with Gasteiger partial charge in [-0.3, -0.25) is 4.79 Å². The van der Waals surface area contributed by atoms with Crippen molar-refractivity contribution in [2.75, 3.05) is 5.32 Å². The van der Waals surface area contributed by atoms with Crippen LogP contribution < -0.4 is 5.32 Å². The number of nitrogens with one attached hydrogen (secondary N) is 1. The second-order valence-corrected chi connectivity index (χ2v) is 9.04. The van der Waals surface area contributed by atoms with E-state index in [-0.39, 0.29) is 11.3 Å². The first-order valence-corrected chi connectivity index (χ1v) is 10.5. The third kappa shape index (κ3) is 3.74. The van der Waals surface area contributed by atoms with Gasteiger partial charge in [0.2, 0.25) is 0 Å². The molecule has 142 valence electrons. The van der Waals surface area contributed by atoms with E-state index in [4.69, 9.17) is 0 Å². The van der Waals surface area contributed by atoms with Crippen molar-refractivity contribution in [3.05, 3.63) is 64.7 Å². The summed E-state index contributed by atoms with van der Waals surface area (Å²) >= 11 is 3.06. The summed E-state index contributed by atoms with van der Waals surface area (Å²) < 4.78 is 1.66. The first-order chi connectivity index (χ1) is 13.4. The lowest BCUT2D eigenvalue weighted by Gasteiger charge is -2.13. The van der Waals surface area contributed by atoms with Crippen LogP contribution >= 0.6 is 22.7 Å². The maximum Gasteiger partial charge on any atom is 0.276 e. The first-order valence-electron chi connectivity index (χ1n) is 8.74. The van der Waals surface area contributed by atoms with Gasteiger partial charge in [0.15, 0.2) is 5.82 Å². The van der Waals surface area contributed by atoms with Gasteiger partial charge < -0.3 is 5.32 Å². The summed E-state index contributed by atoms with van der Waals surface area (Å²) in [5.41, 5.74) is 1.09. The van der Waals surface area contributed by atoms with Crippen LogP contribution in [0.1, 0.15) is 37.0 Å². The van der Waals surface area contributed by atoms with E-state index in [0.717, 1.165) is 15.6 Å². The Labute approximate surface area is 170 Å². The molecule has 4 rings (SSSR count). The molecule has 0 aliphatic carbocycles. The summed E-state index contributed by atoms with van der Waals surface area (Å²) in [5.74, 6) is 0.946. The lowest BCUT2D eigenvalue weighted by Crippen LogP contribution is -2.16. The number of thiazole rings is 1. The molecule has 0 saturated carbocycles. The van der Waals surface area contributed by atoms with E-state index in [1.807, 2.05) is 41.8 Å². The van der Waals surface area contributed by atoms with E-state index in [9.17, 15) is 4.79 Å².